The summed E-state index contributed by atoms with van der Waals surface area (Å²) < 4.78 is 10.7. The van der Waals surface area contributed by atoms with E-state index in [1.807, 2.05) is 12.1 Å². The number of benzene rings is 2. The second-order valence-corrected chi connectivity index (χ2v) is 8.16. The summed E-state index contributed by atoms with van der Waals surface area (Å²) in [6, 6.07) is 14.3. The smallest absolute Gasteiger partial charge is 0.412 e. The Balaban J connectivity index is 1.41. The first-order valence-electron chi connectivity index (χ1n) is 10.5. The van der Waals surface area contributed by atoms with Gasteiger partial charge in [-0.05, 0) is 62.9 Å². The minimum Gasteiger partial charge on any atom is -0.441 e. The van der Waals surface area contributed by atoms with Gasteiger partial charge in [-0.2, -0.15) is 0 Å². The number of rotatable bonds is 5. The van der Waals surface area contributed by atoms with Gasteiger partial charge in [0.1, 0.15) is 17.5 Å². The van der Waals surface area contributed by atoms with Crippen molar-refractivity contribution in [3.05, 3.63) is 76.1 Å². The van der Waals surface area contributed by atoms with Crippen LogP contribution in [0, 0.1) is 24.7 Å². The molecule has 0 aliphatic heterocycles. The van der Waals surface area contributed by atoms with Crippen molar-refractivity contribution < 1.29 is 18.8 Å². The first kappa shape index (κ1) is 22.4. The molecule has 1 aliphatic rings. The Morgan fingerprint density at radius 1 is 1.12 bits per heavy atom. The van der Waals surface area contributed by atoms with Gasteiger partial charge in [0.2, 0.25) is 11.7 Å². The molecule has 1 aliphatic carbocycles. The number of anilines is 2. The number of carbonyl (C=O) groups excluding carboxylic acids is 2. The first-order valence-corrected chi connectivity index (χ1v) is 10.9. The monoisotopic (exact) mass is 463 g/mol. The SMILES string of the molecule is Cc1noc(C#Cc2ccc(NC(=O)C3CC3)cc2)c1NC(=O)OC(C)c1ccccc1Cl. The highest BCUT2D eigenvalue weighted by Crippen LogP contribution is 2.30. The molecule has 0 spiro atoms. The van der Waals surface area contributed by atoms with Gasteiger partial charge in [0, 0.05) is 27.8 Å². The normalized spacial score (nSPS) is 13.4. The maximum absolute atomic E-state index is 12.4. The summed E-state index contributed by atoms with van der Waals surface area (Å²) in [5, 5.41) is 9.94. The van der Waals surface area contributed by atoms with E-state index in [-0.39, 0.29) is 17.6 Å². The summed E-state index contributed by atoms with van der Waals surface area (Å²) in [6.07, 6.45) is 0.684. The summed E-state index contributed by atoms with van der Waals surface area (Å²) in [6.45, 7) is 3.43. The van der Waals surface area contributed by atoms with Crippen molar-refractivity contribution in [1.29, 1.82) is 0 Å². The topological polar surface area (TPSA) is 93.5 Å². The highest BCUT2D eigenvalue weighted by molar-refractivity contribution is 6.31. The van der Waals surface area contributed by atoms with Gasteiger partial charge in [0.05, 0.1) is 0 Å². The molecule has 7 nitrogen and oxygen atoms in total. The molecule has 1 aromatic heterocycles. The molecular formula is C25H22ClN3O4. The lowest BCUT2D eigenvalue weighted by molar-refractivity contribution is -0.117. The molecule has 0 radical (unpaired) electrons. The molecule has 8 heteroatoms. The number of aryl methyl sites for hydroxylation is 1. The van der Waals surface area contributed by atoms with Gasteiger partial charge in [0.15, 0.2) is 0 Å². The Morgan fingerprint density at radius 2 is 1.85 bits per heavy atom. The number of amides is 2. The molecule has 2 amide bonds. The van der Waals surface area contributed by atoms with Crippen LogP contribution in [0.3, 0.4) is 0 Å². The Morgan fingerprint density at radius 3 is 2.55 bits per heavy atom. The Labute approximate surface area is 196 Å². The molecule has 1 saturated carbocycles. The highest BCUT2D eigenvalue weighted by atomic mass is 35.5. The van der Waals surface area contributed by atoms with Crippen LogP contribution in [0.1, 0.15) is 48.5 Å². The molecule has 1 atom stereocenters. The predicted molar refractivity (Wildman–Crippen MR) is 125 cm³/mol. The zero-order valence-corrected chi connectivity index (χ0v) is 18.9. The van der Waals surface area contributed by atoms with Crippen LogP contribution >= 0.6 is 11.6 Å². The van der Waals surface area contributed by atoms with Crippen molar-refractivity contribution in [2.75, 3.05) is 10.6 Å². The van der Waals surface area contributed by atoms with E-state index < -0.39 is 12.2 Å². The quantitative estimate of drug-likeness (QED) is 0.474. The van der Waals surface area contributed by atoms with Crippen molar-refractivity contribution in [3.63, 3.8) is 0 Å². The molecule has 4 rings (SSSR count). The van der Waals surface area contributed by atoms with Crippen LogP contribution in [0.5, 0.6) is 0 Å². The van der Waals surface area contributed by atoms with Crippen molar-refractivity contribution in [2.45, 2.75) is 32.8 Å². The van der Waals surface area contributed by atoms with Crippen LogP contribution in [-0.4, -0.2) is 17.2 Å². The zero-order chi connectivity index (χ0) is 23.4. The molecule has 1 fully saturated rings. The first-order chi connectivity index (χ1) is 15.9. The lowest BCUT2D eigenvalue weighted by Gasteiger charge is -2.15. The van der Waals surface area contributed by atoms with Crippen molar-refractivity contribution >= 4 is 35.0 Å². The van der Waals surface area contributed by atoms with Crippen molar-refractivity contribution in [1.82, 2.24) is 5.16 Å². The third-order valence-corrected chi connectivity index (χ3v) is 5.48. The molecule has 0 saturated heterocycles. The number of halogens is 1. The number of hydrogen-bond donors (Lipinski definition) is 2. The molecule has 3 aromatic rings. The van der Waals surface area contributed by atoms with Crippen molar-refractivity contribution in [2.24, 2.45) is 5.92 Å². The van der Waals surface area contributed by atoms with Crippen LogP contribution in [0.15, 0.2) is 53.1 Å². The second-order valence-electron chi connectivity index (χ2n) is 7.76. The summed E-state index contributed by atoms with van der Waals surface area (Å²) in [5.41, 5.74) is 2.96. The van der Waals surface area contributed by atoms with E-state index in [1.54, 1.807) is 50.2 Å². The van der Waals surface area contributed by atoms with E-state index in [2.05, 4.69) is 27.6 Å². The average molecular weight is 464 g/mol. The summed E-state index contributed by atoms with van der Waals surface area (Å²) in [5.74, 6) is 6.26. The van der Waals surface area contributed by atoms with Gasteiger partial charge in [-0.1, -0.05) is 40.9 Å². The Bertz CT molecular complexity index is 1240. The summed E-state index contributed by atoms with van der Waals surface area (Å²) >= 11 is 6.17. The number of ether oxygens (including phenoxy) is 1. The Hall–Kier alpha value is -3.76. The van der Waals surface area contributed by atoms with Crippen LogP contribution < -0.4 is 10.6 Å². The van der Waals surface area contributed by atoms with Gasteiger partial charge in [-0.25, -0.2) is 4.79 Å². The van der Waals surface area contributed by atoms with Gasteiger partial charge in [0.25, 0.3) is 0 Å². The van der Waals surface area contributed by atoms with Gasteiger partial charge in [-0.3, -0.25) is 10.1 Å². The number of nitrogens with one attached hydrogen (secondary N) is 2. The highest BCUT2D eigenvalue weighted by Gasteiger charge is 2.29. The standard InChI is InChI=1S/C25H22ClN3O4/c1-15-23(28-25(31)32-16(2)20-5-3-4-6-21(20)26)22(33-29-15)14-9-17-7-12-19(13-8-17)27-24(30)18-10-11-18/h3-8,12-13,16,18H,10-11H2,1-2H3,(H,27,30)(H,28,31). The third kappa shape index (κ3) is 5.73. The Kier molecular flexibility index (Phi) is 6.66. The predicted octanol–water partition coefficient (Wildman–Crippen LogP) is 5.69. The third-order valence-electron chi connectivity index (χ3n) is 5.14. The van der Waals surface area contributed by atoms with Crippen molar-refractivity contribution in [3.8, 4) is 11.8 Å². The van der Waals surface area contributed by atoms with Gasteiger partial charge in [-0.15, -0.1) is 0 Å². The number of hydrogen-bond acceptors (Lipinski definition) is 5. The molecule has 1 heterocycles. The maximum atomic E-state index is 12.4. The van der Waals surface area contributed by atoms with E-state index in [0.717, 1.165) is 18.5 Å². The van der Waals surface area contributed by atoms with Gasteiger partial charge < -0.3 is 14.6 Å². The van der Waals surface area contributed by atoms with E-state index in [9.17, 15) is 9.59 Å². The van der Waals surface area contributed by atoms with Crippen LogP contribution in [-0.2, 0) is 9.53 Å². The minimum absolute atomic E-state index is 0.0532. The molecule has 33 heavy (non-hydrogen) atoms. The van der Waals surface area contributed by atoms with Crippen LogP contribution in [0.25, 0.3) is 0 Å². The van der Waals surface area contributed by atoms with Crippen LogP contribution in [0.2, 0.25) is 5.02 Å². The second kappa shape index (κ2) is 9.80. The maximum Gasteiger partial charge on any atom is 0.412 e. The zero-order valence-electron chi connectivity index (χ0n) is 18.1. The van der Waals surface area contributed by atoms with Gasteiger partial charge >= 0.3 is 6.09 Å². The summed E-state index contributed by atoms with van der Waals surface area (Å²) in [7, 11) is 0. The molecule has 168 valence electrons. The fourth-order valence-corrected chi connectivity index (χ4v) is 3.41. The van der Waals surface area contributed by atoms with E-state index in [4.69, 9.17) is 20.9 Å². The molecule has 2 aromatic carbocycles. The van der Waals surface area contributed by atoms with E-state index in [0.29, 0.717) is 27.5 Å². The minimum atomic E-state index is -0.674. The lowest BCUT2D eigenvalue weighted by Crippen LogP contribution is -2.17. The molecular weight excluding hydrogens is 442 g/mol. The fraction of sp³-hybridized carbons (Fsp3) is 0.240. The fourth-order valence-electron chi connectivity index (χ4n) is 3.12. The molecule has 1 unspecified atom stereocenters. The average Bonchev–Trinajstić information content (AvgIpc) is 3.59. The molecule has 2 N–H and O–H groups in total. The van der Waals surface area contributed by atoms with Crippen LogP contribution in [0.4, 0.5) is 16.2 Å². The number of nitrogens with zero attached hydrogens (tertiary/aromatic N) is 1. The lowest BCUT2D eigenvalue weighted by atomic mass is 10.1. The number of aromatic nitrogens is 1. The summed E-state index contributed by atoms with van der Waals surface area (Å²) in [4.78, 5) is 24.3. The molecule has 0 bridgehead atoms. The number of carbonyl (C=O) groups is 2. The van der Waals surface area contributed by atoms with E-state index in [1.165, 1.54) is 0 Å². The van der Waals surface area contributed by atoms with E-state index >= 15 is 0 Å². The largest absolute Gasteiger partial charge is 0.441 e.